The molecule has 2 atom stereocenters. The lowest BCUT2D eigenvalue weighted by Crippen LogP contribution is -2.41. The van der Waals surface area contributed by atoms with Gasteiger partial charge in [-0.1, -0.05) is 98.8 Å². The first-order valence-electron chi connectivity index (χ1n) is 21.0. The lowest BCUT2D eigenvalue weighted by Gasteiger charge is -2.27. The van der Waals surface area contributed by atoms with Gasteiger partial charge in [0.05, 0.1) is 45.8 Å². The molecular weight excluding hydrogens is 726 g/mol. The molecule has 0 spiro atoms. The number of hydrogen-bond donors (Lipinski definition) is 1. The Labute approximate surface area is 337 Å². The van der Waals surface area contributed by atoms with E-state index in [1.165, 1.54) is 17.7 Å². The summed E-state index contributed by atoms with van der Waals surface area (Å²) in [6.07, 6.45) is 12.1. The molecule has 0 aromatic rings. The zero-order chi connectivity index (χ0) is 42.6. The number of rotatable bonds is 31. The molecule has 0 saturated heterocycles. The van der Waals surface area contributed by atoms with Crippen molar-refractivity contribution in [2.45, 2.75) is 170 Å². The van der Waals surface area contributed by atoms with Crippen LogP contribution in [0.15, 0.2) is 0 Å². The summed E-state index contributed by atoms with van der Waals surface area (Å²) >= 11 is 0. The minimum absolute atomic E-state index is 0.0704. The molecule has 0 aliphatic heterocycles. The van der Waals surface area contributed by atoms with Crippen molar-refractivity contribution in [2.24, 2.45) is 11.8 Å². The predicted molar refractivity (Wildman–Crippen MR) is 214 cm³/mol. The van der Waals surface area contributed by atoms with Crippen molar-refractivity contribution in [1.82, 2.24) is 4.90 Å². The van der Waals surface area contributed by atoms with Crippen molar-refractivity contribution < 1.29 is 62.3 Å². The maximum absolute atomic E-state index is 12.9. The molecule has 56 heavy (non-hydrogen) atoms. The van der Waals surface area contributed by atoms with E-state index in [4.69, 9.17) is 28.4 Å². The van der Waals surface area contributed by atoms with Gasteiger partial charge in [0.2, 0.25) is 0 Å². The number of esters is 5. The Morgan fingerprint density at radius 3 is 1.32 bits per heavy atom. The number of aliphatic hydroxyl groups excluding tert-OH is 1. The smallest absolute Gasteiger partial charge is 0.410 e. The fourth-order valence-electron chi connectivity index (χ4n) is 4.72. The number of nitrogens with zero attached hydrogens (tertiary/aromatic N) is 1. The Kier molecular flexibility index (Phi) is 35.1. The number of ether oxygens (including phenoxy) is 6. The molecule has 0 radical (unpaired) electrons. The van der Waals surface area contributed by atoms with E-state index in [1.54, 1.807) is 27.7 Å². The molecule has 0 aliphatic rings. The van der Waals surface area contributed by atoms with Crippen LogP contribution in [-0.4, -0.2) is 104 Å². The second-order valence-corrected chi connectivity index (χ2v) is 15.0. The molecule has 0 saturated carbocycles. The van der Waals surface area contributed by atoms with Gasteiger partial charge in [0.25, 0.3) is 0 Å². The van der Waals surface area contributed by atoms with E-state index in [9.17, 15) is 33.9 Å². The SMILES string of the molecule is CCCC.CCCCCCCC(=O)OCC(CO)CC(=O)OCCN(CCOC(=O)CC(COC(=O)CC)COC(=O)CCCCCCC)C(=O)OC(C)(C)C. The van der Waals surface area contributed by atoms with Crippen LogP contribution in [0.25, 0.3) is 0 Å². The van der Waals surface area contributed by atoms with Crippen LogP contribution < -0.4 is 0 Å². The summed E-state index contributed by atoms with van der Waals surface area (Å²) in [6.45, 7) is 14.0. The molecule has 328 valence electrons. The van der Waals surface area contributed by atoms with Gasteiger partial charge in [-0.05, 0) is 33.6 Å². The number of unbranched alkanes of at least 4 members (excludes halogenated alkanes) is 9. The number of amides is 1. The fourth-order valence-corrected chi connectivity index (χ4v) is 4.72. The molecule has 0 aromatic carbocycles. The van der Waals surface area contributed by atoms with Gasteiger partial charge in [-0.25, -0.2) is 4.79 Å². The van der Waals surface area contributed by atoms with Crippen molar-refractivity contribution in [2.75, 3.05) is 52.7 Å². The van der Waals surface area contributed by atoms with E-state index in [-0.39, 0.29) is 96.8 Å². The monoisotopic (exact) mass is 804 g/mol. The summed E-state index contributed by atoms with van der Waals surface area (Å²) in [5, 5.41) is 9.67. The average molecular weight is 804 g/mol. The third-order valence-corrected chi connectivity index (χ3v) is 8.27. The van der Waals surface area contributed by atoms with Gasteiger partial charge in [0.1, 0.15) is 18.8 Å². The zero-order valence-electron chi connectivity index (χ0n) is 36.1. The number of carbonyl (C=O) groups is 6. The van der Waals surface area contributed by atoms with Crippen molar-refractivity contribution in [3.63, 3.8) is 0 Å². The molecule has 1 N–H and O–H groups in total. The molecule has 0 aliphatic carbocycles. The maximum atomic E-state index is 12.9. The molecule has 1 amide bonds. The van der Waals surface area contributed by atoms with Crippen LogP contribution in [0.3, 0.4) is 0 Å². The van der Waals surface area contributed by atoms with E-state index in [2.05, 4.69) is 27.7 Å². The first kappa shape index (κ1) is 54.7. The minimum Gasteiger partial charge on any atom is -0.465 e. The highest BCUT2D eigenvalue weighted by Gasteiger charge is 2.24. The summed E-state index contributed by atoms with van der Waals surface area (Å²) < 4.78 is 31.9. The highest BCUT2D eigenvalue weighted by molar-refractivity contribution is 5.72. The van der Waals surface area contributed by atoms with Crippen LogP contribution in [0.1, 0.15) is 165 Å². The zero-order valence-corrected chi connectivity index (χ0v) is 36.1. The second kappa shape index (κ2) is 36.0. The molecule has 0 aromatic heterocycles. The third kappa shape index (κ3) is 35.0. The molecule has 0 fully saturated rings. The van der Waals surface area contributed by atoms with Crippen LogP contribution in [0.5, 0.6) is 0 Å². The maximum Gasteiger partial charge on any atom is 0.410 e. The highest BCUT2D eigenvalue weighted by atomic mass is 16.6. The topological polar surface area (TPSA) is 181 Å². The van der Waals surface area contributed by atoms with E-state index in [0.29, 0.717) is 6.42 Å². The summed E-state index contributed by atoms with van der Waals surface area (Å²) in [5.74, 6) is -3.74. The first-order chi connectivity index (χ1) is 26.7. The normalized spacial score (nSPS) is 11.9. The lowest BCUT2D eigenvalue weighted by atomic mass is 10.1. The van der Waals surface area contributed by atoms with E-state index < -0.39 is 41.4 Å². The Morgan fingerprint density at radius 1 is 0.518 bits per heavy atom. The largest absolute Gasteiger partial charge is 0.465 e. The summed E-state index contributed by atoms with van der Waals surface area (Å²) in [6, 6.07) is 0. The quantitative estimate of drug-likeness (QED) is 0.0406. The predicted octanol–water partition coefficient (Wildman–Crippen LogP) is 7.88. The first-order valence-corrected chi connectivity index (χ1v) is 21.0. The van der Waals surface area contributed by atoms with Crippen LogP contribution in [0.4, 0.5) is 4.79 Å². The van der Waals surface area contributed by atoms with Gasteiger partial charge in [-0.15, -0.1) is 0 Å². The van der Waals surface area contributed by atoms with Gasteiger partial charge >= 0.3 is 35.9 Å². The summed E-state index contributed by atoms with van der Waals surface area (Å²) in [7, 11) is 0. The van der Waals surface area contributed by atoms with Gasteiger partial charge in [-0.3, -0.25) is 24.0 Å². The number of aliphatic hydroxyl groups is 1. The van der Waals surface area contributed by atoms with Gasteiger partial charge in [0, 0.05) is 37.7 Å². The Morgan fingerprint density at radius 2 is 0.929 bits per heavy atom. The molecule has 14 heteroatoms. The summed E-state index contributed by atoms with van der Waals surface area (Å²) in [4.78, 5) is 75.3. The van der Waals surface area contributed by atoms with Crippen LogP contribution in [-0.2, 0) is 52.4 Å². The van der Waals surface area contributed by atoms with E-state index >= 15 is 0 Å². The fraction of sp³-hybridized carbons (Fsp3) is 0.857. The van der Waals surface area contributed by atoms with Crippen molar-refractivity contribution in [3.8, 4) is 0 Å². The van der Waals surface area contributed by atoms with E-state index in [0.717, 1.165) is 57.8 Å². The Hall–Kier alpha value is -3.42. The minimum atomic E-state index is -0.819. The Bertz CT molecular complexity index is 1060. The molecule has 14 nitrogen and oxygen atoms in total. The summed E-state index contributed by atoms with van der Waals surface area (Å²) in [5.41, 5.74) is -0.819. The van der Waals surface area contributed by atoms with E-state index in [1.807, 2.05) is 0 Å². The average Bonchev–Trinajstić information content (AvgIpc) is 3.15. The lowest BCUT2D eigenvalue weighted by molar-refractivity contribution is -0.154. The molecule has 0 rings (SSSR count). The van der Waals surface area contributed by atoms with Crippen LogP contribution in [0.2, 0.25) is 0 Å². The number of carbonyl (C=O) groups excluding carboxylic acids is 6. The van der Waals surface area contributed by atoms with Crippen molar-refractivity contribution in [3.05, 3.63) is 0 Å². The van der Waals surface area contributed by atoms with Crippen molar-refractivity contribution in [1.29, 1.82) is 0 Å². The third-order valence-electron chi connectivity index (χ3n) is 8.27. The van der Waals surface area contributed by atoms with Gasteiger partial charge < -0.3 is 38.4 Å². The molecule has 0 heterocycles. The highest BCUT2D eigenvalue weighted by Crippen LogP contribution is 2.13. The number of hydrogen-bond acceptors (Lipinski definition) is 13. The standard InChI is InChI=1S/C38H67NO13.C4H10/c1-7-10-12-14-16-18-33(42)50-27-30(26-40)24-35(44)47-22-20-39(37(46)52-38(4,5)6)21-23-48-36(45)25-31(28-49-32(41)9-3)29-51-34(43)19-17-15-13-11-8-2;1-3-4-2/h30-31,40H,7-29H2,1-6H3;3-4H2,1-2H3. The van der Waals surface area contributed by atoms with Gasteiger partial charge in [-0.2, -0.15) is 0 Å². The van der Waals surface area contributed by atoms with Crippen LogP contribution in [0, 0.1) is 11.8 Å². The molecular formula is C42H77NO13. The van der Waals surface area contributed by atoms with Crippen molar-refractivity contribution >= 4 is 35.9 Å². The molecule has 2 unspecified atom stereocenters. The van der Waals surface area contributed by atoms with Crippen LogP contribution >= 0.6 is 0 Å². The van der Waals surface area contributed by atoms with Gasteiger partial charge in [0.15, 0.2) is 0 Å². The Balaban J connectivity index is 0. The molecule has 0 bridgehead atoms. The second-order valence-electron chi connectivity index (χ2n) is 15.0.